The van der Waals surface area contributed by atoms with Gasteiger partial charge >= 0.3 is 0 Å². The van der Waals surface area contributed by atoms with Gasteiger partial charge in [0.05, 0.1) is 31.2 Å². The van der Waals surface area contributed by atoms with E-state index in [1.807, 2.05) is 26.0 Å². The number of ether oxygens (including phenoxy) is 3. The molecule has 0 N–H and O–H groups in total. The number of benzene rings is 1. The first-order chi connectivity index (χ1) is 13.2. The number of hydrogen-bond donors (Lipinski definition) is 1. The summed E-state index contributed by atoms with van der Waals surface area (Å²) in [4.78, 5) is 14.5. The summed E-state index contributed by atoms with van der Waals surface area (Å²) in [6, 6.07) is 8.12. The lowest BCUT2D eigenvalue weighted by Gasteiger charge is -2.40. The van der Waals surface area contributed by atoms with E-state index in [0.29, 0.717) is 12.4 Å². The first kappa shape index (κ1) is 22.2. The van der Waals surface area contributed by atoms with Gasteiger partial charge in [-0.3, -0.25) is 4.79 Å². The number of rotatable bonds is 6. The first-order valence-corrected chi connectivity index (χ1v) is 12.8. The first-order valence-electron chi connectivity index (χ1n) is 10.1. The fourth-order valence-electron chi connectivity index (χ4n) is 3.85. The molecule has 0 saturated carbocycles. The number of Topliss-reactive ketones (excluding diaryl/α,β-unsaturated/α-hetero) is 1. The highest BCUT2D eigenvalue weighted by molar-refractivity contribution is 8.18. The lowest BCUT2D eigenvalue weighted by atomic mass is 9.87. The van der Waals surface area contributed by atoms with E-state index in [1.54, 1.807) is 11.8 Å². The topological polar surface area (TPSA) is 44.8 Å². The van der Waals surface area contributed by atoms with E-state index in [1.165, 1.54) is 0 Å². The SMILES string of the molecule is CC1(C)OCC(CSc2ccc(C(=O)C([SH]3CCOCC3)C(C)(C)C)cc2)O1. The Bertz CT molecular complexity index is 660. The van der Waals surface area contributed by atoms with Crippen molar-refractivity contribution < 1.29 is 19.0 Å². The third-order valence-corrected chi connectivity index (χ3v) is 9.52. The van der Waals surface area contributed by atoms with Crippen molar-refractivity contribution in [2.75, 3.05) is 37.1 Å². The number of ketones is 1. The summed E-state index contributed by atoms with van der Waals surface area (Å²) in [7, 11) is -0.326. The Kier molecular flexibility index (Phi) is 7.19. The van der Waals surface area contributed by atoms with Crippen LogP contribution in [0.2, 0.25) is 0 Å². The molecule has 2 heterocycles. The standard InChI is InChI=1S/C22H34O4S2/c1-21(2,3)20(28-12-10-24-11-13-28)19(23)16-6-8-18(9-7-16)27-15-17-14-25-22(4,5)26-17/h6-9,17,20,28H,10-15H2,1-5H3. The molecule has 0 aromatic heterocycles. The van der Waals surface area contributed by atoms with Gasteiger partial charge in [0.15, 0.2) is 11.6 Å². The van der Waals surface area contributed by atoms with Crippen molar-refractivity contribution in [1.82, 2.24) is 0 Å². The molecular formula is C22H34O4S2. The van der Waals surface area contributed by atoms with Crippen LogP contribution in [0.3, 0.4) is 0 Å². The van der Waals surface area contributed by atoms with Crippen LogP contribution in [0.25, 0.3) is 0 Å². The molecule has 6 heteroatoms. The zero-order valence-electron chi connectivity index (χ0n) is 17.7. The average molecular weight is 427 g/mol. The molecule has 2 unspecified atom stereocenters. The molecule has 3 rings (SSSR count). The Balaban J connectivity index is 1.63. The highest BCUT2D eigenvalue weighted by atomic mass is 32.2. The van der Waals surface area contributed by atoms with Crippen LogP contribution in [-0.2, 0) is 14.2 Å². The molecule has 0 radical (unpaired) electrons. The zero-order chi connectivity index (χ0) is 20.4. The minimum Gasteiger partial charge on any atom is -0.380 e. The Morgan fingerprint density at radius 3 is 2.39 bits per heavy atom. The second-order valence-corrected chi connectivity index (χ2v) is 12.7. The predicted octanol–water partition coefficient (Wildman–Crippen LogP) is 4.56. The van der Waals surface area contributed by atoms with E-state index in [4.69, 9.17) is 14.2 Å². The average Bonchev–Trinajstić information content (AvgIpc) is 2.99. The lowest BCUT2D eigenvalue weighted by Crippen LogP contribution is -2.38. The Morgan fingerprint density at radius 1 is 1.21 bits per heavy atom. The monoisotopic (exact) mass is 426 g/mol. The van der Waals surface area contributed by atoms with Gasteiger partial charge in [-0.15, -0.1) is 11.8 Å². The van der Waals surface area contributed by atoms with E-state index >= 15 is 0 Å². The minimum absolute atomic E-state index is 0.0276. The van der Waals surface area contributed by atoms with Gasteiger partial charge in [-0.05, 0) is 42.9 Å². The second kappa shape index (κ2) is 9.09. The zero-order valence-corrected chi connectivity index (χ0v) is 19.4. The van der Waals surface area contributed by atoms with E-state index in [0.717, 1.165) is 40.9 Å². The molecule has 0 amide bonds. The number of hydrogen-bond acceptors (Lipinski definition) is 5. The maximum absolute atomic E-state index is 13.4. The molecule has 2 saturated heterocycles. The molecule has 1 aromatic rings. The normalized spacial score (nSPS) is 24.9. The van der Waals surface area contributed by atoms with Crippen LogP contribution in [-0.4, -0.2) is 60.0 Å². The van der Waals surface area contributed by atoms with E-state index in [9.17, 15) is 4.79 Å². The van der Waals surface area contributed by atoms with E-state index in [2.05, 4.69) is 32.9 Å². The van der Waals surface area contributed by atoms with Gasteiger partial charge in [-0.25, -0.2) is 10.9 Å². The maximum atomic E-state index is 13.4. The fourth-order valence-corrected chi connectivity index (χ4v) is 7.76. The highest BCUT2D eigenvalue weighted by Crippen LogP contribution is 2.44. The summed E-state index contributed by atoms with van der Waals surface area (Å²) in [5.74, 6) is 2.75. The molecule has 0 bridgehead atoms. The van der Waals surface area contributed by atoms with Crippen molar-refractivity contribution in [3.63, 3.8) is 0 Å². The second-order valence-electron chi connectivity index (χ2n) is 9.07. The number of carbonyl (C=O) groups excluding carboxylic acids is 1. The molecule has 4 nitrogen and oxygen atoms in total. The number of thioether (sulfide) groups is 1. The van der Waals surface area contributed by atoms with E-state index in [-0.39, 0.29) is 27.7 Å². The smallest absolute Gasteiger partial charge is 0.174 e. The van der Waals surface area contributed by atoms with Gasteiger partial charge in [-0.2, -0.15) is 0 Å². The molecular weight excluding hydrogens is 392 g/mol. The van der Waals surface area contributed by atoms with Crippen LogP contribution < -0.4 is 0 Å². The molecule has 0 spiro atoms. The summed E-state index contributed by atoms with van der Waals surface area (Å²) in [5.41, 5.74) is 0.806. The van der Waals surface area contributed by atoms with Crippen molar-refractivity contribution in [2.45, 2.75) is 56.7 Å². The summed E-state index contributed by atoms with van der Waals surface area (Å²) < 4.78 is 17.0. The highest BCUT2D eigenvalue weighted by Gasteiger charge is 2.37. The Morgan fingerprint density at radius 2 is 1.86 bits per heavy atom. The summed E-state index contributed by atoms with van der Waals surface area (Å²) in [6.07, 6.45) is 0.114. The largest absolute Gasteiger partial charge is 0.380 e. The third-order valence-electron chi connectivity index (χ3n) is 5.12. The fraction of sp³-hybridized carbons (Fsp3) is 0.682. The van der Waals surface area contributed by atoms with Gasteiger partial charge in [-0.1, -0.05) is 32.9 Å². The Labute approximate surface area is 176 Å². The van der Waals surface area contributed by atoms with Gasteiger partial charge in [0.25, 0.3) is 0 Å². The molecule has 2 aliphatic heterocycles. The van der Waals surface area contributed by atoms with Crippen molar-refractivity contribution in [3.05, 3.63) is 29.8 Å². The van der Waals surface area contributed by atoms with Crippen molar-refractivity contribution in [1.29, 1.82) is 0 Å². The van der Waals surface area contributed by atoms with Crippen LogP contribution in [0.15, 0.2) is 29.2 Å². The molecule has 28 heavy (non-hydrogen) atoms. The molecule has 2 aliphatic rings. The maximum Gasteiger partial charge on any atom is 0.174 e. The van der Waals surface area contributed by atoms with Crippen LogP contribution in [0, 0.1) is 5.41 Å². The molecule has 158 valence electrons. The van der Waals surface area contributed by atoms with Crippen molar-refractivity contribution in [2.24, 2.45) is 5.41 Å². The summed E-state index contributed by atoms with van der Waals surface area (Å²) in [5, 5.41) is 0.0937. The summed E-state index contributed by atoms with van der Waals surface area (Å²) >= 11 is 1.75. The van der Waals surface area contributed by atoms with Gasteiger partial charge in [0.1, 0.15) is 0 Å². The van der Waals surface area contributed by atoms with Gasteiger partial charge in [0.2, 0.25) is 0 Å². The molecule has 2 atom stereocenters. The lowest BCUT2D eigenvalue weighted by molar-refractivity contribution is -0.135. The third kappa shape index (κ3) is 5.76. The van der Waals surface area contributed by atoms with Crippen LogP contribution in [0.5, 0.6) is 0 Å². The molecule has 2 fully saturated rings. The summed E-state index contributed by atoms with van der Waals surface area (Å²) in [6.45, 7) is 12.7. The molecule has 0 aliphatic carbocycles. The van der Waals surface area contributed by atoms with E-state index < -0.39 is 5.79 Å². The quantitative estimate of drug-likeness (QED) is 0.410. The Hall–Kier alpha value is -0.530. The van der Waals surface area contributed by atoms with Crippen molar-refractivity contribution >= 4 is 28.4 Å². The minimum atomic E-state index is -0.477. The number of thiol groups is 1. The van der Waals surface area contributed by atoms with Crippen molar-refractivity contribution in [3.8, 4) is 0 Å². The van der Waals surface area contributed by atoms with Gasteiger partial charge in [0, 0.05) is 16.2 Å². The van der Waals surface area contributed by atoms with Crippen LogP contribution in [0.1, 0.15) is 45.0 Å². The predicted molar refractivity (Wildman–Crippen MR) is 119 cm³/mol. The van der Waals surface area contributed by atoms with Gasteiger partial charge < -0.3 is 14.2 Å². The van der Waals surface area contributed by atoms with Crippen LogP contribution in [0.4, 0.5) is 0 Å². The van der Waals surface area contributed by atoms with Crippen LogP contribution >= 0.6 is 22.7 Å². The molecule has 1 aromatic carbocycles. The number of carbonyl (C=O) groups is 1.